The van der Waals surface area contributed by atoms with E-state index >= 15 is 0 Å². The van der Waals surface area contributed by atoms with E-state index in [-0.39, 0.29) is 18.9 Å². The molecule has 0 aromatic heterocycles. The van der Waals surface area contributed by atoms with Gasteiger partial charge in [-0.2, -0.15) is 5.26 Å². The molecule has 1 unspecified atom stereocenters. The van der Waals surface area contributed by atoms with Gasteiger partial charge in [0.2, 0.25) is 5.91 Å². The Labute approximate surface area is 110 Å². The summed E-state index contributed by atoms with van der Waals surface area (Å²) < 4.78 is 0. The standard InChI is InChI=1S/C13H13N3O3/c14-6-9-3-1-2-4-11(9)16-7-10(5-13(18)19)15-12(17)8-16/h1-4,10H,5,7-8H2,(H,15,17)(H,18,19). The van der Waals surface area contributed by atoms with Gasteiger partial charge in [0.05, 0.1) is 30.3 Å². The first-order chi connectivity index (χ1) is 9.10. The van der Waals surface area contributed by atoms with E-state index in [1.807, 2.05) is 0 Å². The van der Waals surface area contributed by atoms with E-state index in [9.17, 15) is 9.59 Å². The number of nitriles is 1. The molecule has 6 heteroatoms. The maximum Gasteiger partial charge on any atom is 0.305 e. The lowest BCUT2D eigenvalue weighted by molar-refractivity contribution is -0.137. The van der Waals surface area contributed by atoms with Gasteiger partial charge in [-0.15, -0.1) is 0 Å². The van der Waals surface area contributed by atoms with Gasteiger partial charge in [-0.05, 0) is 12.1 Å². The Morgan fingerprint density at radius 1 is 1.53 bits per heavy atom. The summed E-state index contributed by atoms with van der Waals surface area (Å²) in [5.74, 6) is -1.19. The number of carboxylic acid groups (broad SMARTS) is 1. The van der Waals surface area contributed by atoms with Crippen LogP contribution in [0, 0.1) is 11.3 Å². The number of hydrogen-bond acceptors (Lipinski definition) is 4. The normalized spacial score (nSPS) is 18.6. The van der Waals surface area contributed by atoms with Crippen molar-refractivity contribution in [2.45, 2.75) is 12.5 Å². The third kappa shape index (κ3) is 3.01. The molecule has 0 radical (unpaired) electrons. The second kappa shape index (κ2) is 5.40. The minimum atomic E-state index is -0.958. The fourth-order valence-corrected chi connectivity index (χ4v) is 2.18. The summed E-state index contributed by atoms with van der Waals surface area (Å²) in [6.07, 6.45) is -0.128. The van der Waals surface area contributed by atoms with Crippen molar-refractivity contribution in [3.63, 3.8) is 0 Å². The van der Waals surface area contributed by atoms with E-state index < -0.39 is 12.0 Å². The summed E-state index contributed by atoms with van der Waals surface area (Å²) in [6.45, 7) is 0.519. The second-order valence-electron chi connectivity index (χ2n) is 4.37. The zero-order valence-corrected chi connectivity index (χ0v) is 10.2. The average molecular weight is 259 g/mol. The molecule has 1 aromatic carbocycles. The van der Waals surface area contributed by atoms with Gasteiger partial charge in [-0.25, -0.2) is 0 Å². The summed E-state index contributed by atoms with van der Waals surface area (Å²) in [7, 11) is 0. The number of rotatable bonds is 3. The molecule has 2 N–H and O–H groups in total. The number of nitrogens with zero attached hydrogens (tertiary/aromatic N) is 2. The number of benzene rings is 1. The predicted molar refractivity (Wildman–Crippen MR) is 67.6 cm³/mol. The molecule has 1 heterocycles. The van der Waals surface area contributed by atoms with Crippen molar-refractivity contribution in [2.24, 2.45) is 0 Å². The fraction of sp³-hybridized carbons (Fsp3) is 0.308. The highest BCUT2D eigenvalue weighted by Crippen LogP contribution is 2.21. The Hall–Kier alpha value is -2.55. The number of amides is 1. The molecule has 0 saturated carbocycles. The monoisotopic (exact) mass is 259 g/mol. The summed E-state index contributed by atoms with van der Waals surface area (Å²) in [6, 6.07) is 8.61. The molecule has 1 aliphatic rings. The minimum Gasteiger partial charge on any atom is -0.481 e. The van der Waals surface area contributed by atoms with Crippen LogP contribution in [0.15, 0.2) is 24.3 Å². The van der Waals surface area contributed by atoms with Gasteiger partial charge in [0.1, 0.15) is 6.07 Å². The Kier molecular flexibility index (Phi) is 3.66. The Bertz CT molecular complexity index is 548. The molecule has 6 nitrogen and oxygen atoms in total. The van der Waals surface area contributed by atoms with Gasteiger partial charge in [0.15, 0.2) is 0 Å². The van der Waals surface area contributed by atoms with Crippen LogP contribution in [0.25, 0.3) is 0 Å². The van der Waals surface area contributed by atoms with E-state index in [2.05, 4.69) is 11.4 Å². The van der Waals surface area contributed by atoms with Gasteiger partial charge in [-0.3, -0.25) is 9.59 Å². The first kappa shape index (κ1) is 12.9. The summed E-state index contributed by atoms with van der Waals surface area (Å²) in [5, 5.41) is 20.5. The third-order valence-electron chi connectivity index (χ3n) is 2.93. The van der Waals surface area contributed by atoms with Crippen LogP contribution in [0.3, 0.4) is 0 Å². The Morgan fingerprint density at radius 3 is 2.95 bits per heavy atom. The summed E-state index contributed by atoms with van der Waals surface area (Å²) >= 11 is 0. The number of piperazine rings is 1. The Balaban J connectivity index is 2.22. The lowest BCUT2D eigenvalue weighted by Gasteiger charge is -2.34. The van der Waals surface area contributed by atoms with Crippen molar-refractivity contribution in [3.8, 4) is 6.07 Å². The number of anilines is 1. The van der Waals surface area contributed by atoms with E-state index in [1.54, 1.807) is 29.2 Å². The van der Waals surface area contributed by atoms with Crippen LogP contribution < -0.4 is 10.2 Å². The quantitative estimate of drug-likeness (QED) is 0.816. The van der Waals surface area contributed by atoms with Crippen molar-refractivity contribution in [3.05, 3.63) is 29.8 Å². The van der Waals surface area contributed by atoms with Crippen molar-refractivity contribution in [1.82, 2.24) is 5.32 Å². The summed E-state index contributed by atoms with van der Waals surface area (Å²) in [4.78, 5) is 24.1. The molecule has 1 atom stereocenters. The van der Waals surface area contributed by atoms with Gasteiger partial charge in [0, 0.05) is 6.54 Å². The van der Waals surface area contributed by atoms with E-state index in [0.29, 0.717) is 17.8 Å². The van der Waals surface area contributed by atoms with Crippen LogP contribution in [0.2, 0.25) is 0 Å². The minimum absolute atomic E-state index is 0.128. The zero-order chi connectivity index (χ0) is 13.8. The predicted octanol–water partition coefficient (Wildman–Crippen LogP) is 0.338. The van der Waals surface area contributed by atoms with Crippen molar-refractivity contribution in [2.75, 3.05) is 18.0 Å². The van der Waals surface area contributed by atoms with E-state index in [1.165, 1.54) is 0 Å². The van der Waals surface area contributed by atoms with Gasteiger partial charge < -0.3 is 15.3 Å². The molecule has 1 aliphatic heterocycles. The molecular weight excluding hydrogens is 246 g/mol. The number of carbonyl (C=O) groups is 2. The van der Waals surface area contributed by atoms with Crippen LogP contribution in [-0.4, -0.2) is 36.1 Å². The van der Waals surface area contributed by atoms with E-state index in [0.717, 1.165) is 0 Å². The lowest BCUT2D eigenvalue weighted by Crippen LogP contribution is -2.55. The molecule has 19 heavy (non-hydrogen) atoms. The van der Waals surface area contributed by atoms with Crippen molar-refractivity contribution < 1.29 is 14.7 Å². The second-order valence-corrected chi connectivity index (χ2v) is 4.37. The molecule has 1 amide bonds. The van der Waals surface area contributed by atoms with Gasteiger partial charge in [0.25, 0.3) is 0 Å². The number of carbonyl (C=O) groups excluding carboxylic acids is 1. The average Bonchev–Trinajstić information content (AvgIpc) is 2.37. The number of carboxylic acids is 1. The highest BCUT2D eigenvalue weighted by atomic mass is 16.4. The molecule has 1 saturated heterocycles. The molecule has 2 rings (SSSR count). The van der Waals surface area contributed by atoms with Crippen LogP contribution in [0.1, 0.15) is 12.0 Å². The molecule has 0 bridgehead atoms. The number of aliphatic carboxylic acids is 1. The van der Waals surface area contributed by atoms with Crippen molar-refractivity contribution >= 4 is 17.6 Å². The SMILES string of the molecule is N#Cc1ccccc1N1CC(=O)NC(CC(=O)O)C1. The highest BCUT2D eigenvalue weighted by molar-refractivity contribution is 5.84. The largest absolute Gasteiger partial charge is 0.481 e. The molecule has 0 spiro atoms. The molecule has 1 fully saturated rings. The maximum absolute atomic E-state index is 11.6. The number of para-hydroxylation sites is 1. The zero-order valence-electron chi connectivity index (χ0n) is 10.2. The smallest absolute Gasteiger partial charge is 0.305 e. The topological polar surface area (TPSA) is 93.4 Å². The summed E-state index contributed by atoms with van der Waals surface area (Å²) in [5.41, 5.74) is 1.14. The molecular formula is C13H13N3O3. The first-order valence-corrected chi connectivity index (χ1v) is 5.85. The van der Waals surface area contributed by atoms with Crippen molar-refractivity contribution in [1.29, 1.82) is 5.26 Å². The first-order valence-electron chi connectivity index (χ1n) is 5.85. The van der Waals surface area contributed by atoms with Crippen LogP contribution >= 0.6 is 0 Å². The Morgan fingerprint density at radius 2 is 2.26 bits per heavy atom. The maximum atomic E-state index is 11.6. The number of hydrogen-bond donors (Lipinski definition) is 2. The highest BCUT2D eigenvalue weighted by Gasteiger charge is 2.27. The van der Waals surface area contributed by atoms with Crippen LogP contribution in [0.4, 0.5) is 5.69 Å². The van der Waals surface area contributed by atoms with E-state index in [4.69, 9.17) is 10.4 Å². The fourth-order valence-electron chi connectivity index (χ4n) is 2.18. The molecule has 1 aromatic rings. The molecule has 0 aliphatic carbocycles. The third-order valence-corrected chi connectivity index (χ3v) is 2.93. The van der Waals surface area contributed by atoms with Crippen LogP contribution in [0.5, 0.6) is 0 Å². The van der Waals surface area contributed by atoms with Crippen LogP contribution in [-0.2, 0) is 9.59 Å². The molecule has 98 valence electrons. The number of nitrogens with one attached hydrogen (secondary N) is 1. The van der Waals surface area contributed by atoms with Gasteiger partial charge >= 0.3 is 5.97 Å². The lowest BCUT2D eigenvalue weighted by atomic mass is 10.1. The van der Waals surface area contributed by atoms with Gasteiger partial charge in [-0.1, -0.05) is 12.1 Å².